The number of esters is 1. The first-order chi connectivity index (χ1) is 7.56. The van der Waals surface area contributed by atoms with Gasteiger partial charge in [0.05, 0.1) is 0 Å². The Morgan fingerprint density at radius 1 is 1.25 bits per heavy atom. The van der Waals surface area contributed by atoms with Crippen molar-refractivity contribution >= 4 is 14.5 Å². The van der Waals surface area contributed by atoms with Gasteiger partial charge in [-0.2, -0.15) is 0 Å². The second-order valence-electron chi connectivity index (χ2n) is 3.83. The van der Waals surface area contributed by atoms with Crippen molar-refractivity contribution in [1.82, 2.24) is 0 Å². The van der Waals surface area contributed by atoms with Crippen LogP contribution in [-0.4, -0.2) is 34.5 Å². The summed E-state index contributed by atoms with van der Waals surface area (Å²) in [4.78, 5) is 11.1. The standard InChI is InChI=1S/C11H24O4Si/c1-6-8-9-16(13-4,14-5)11(7-2)15-10(3)12/h11H,6-9H2,1-5H3. The summed E-state index contributed by atoms with van der Waals surface area (Å²) in [6.07, 6.45) is 2.85. The van der Waals surface area contributed by atoms with Crippen LogP contribution in [-0.2, 0) is 18.4 Å². The molecule has 0 N–H and O–H groups in total. The molecule has 96 valence electrons. The molecule has 16 heavy (non-hydrogen) atoms. The number of carbonyl (C=O) groups is 1. The molecule has 0 aliphatic rings. The Morgan fingerprint density at radius 2 is 1.81 bits per heavy atom. The lowest BCUT2D eigenvalue weighted by molar-refractivity contribution is -0.144. The Kier molecular flexibility index (Phi) is 7.62. The molecule has 0 rings (SSSR count). The van der Waals surface area contributed by atoms with Crippen molar-refractivity contribution in [3.8, 4) is 0 Å². The molecule has 0 saturated heterocycles. The van der Waals surface area contributed by atoms with Crippen LogP contribution >= 0.6 is 0 Å². The largest absolute Gasteiger partial charge is 0.461 e. The highest BCUT2D eigenvalue weighted by Gasteiger charge is 2.45. The van der Waals surface area contributed by atoms with Crippen LogP contribution in [0.5, 0.6) is 0 Å². The molecule has 0 saturated carbocycles. The lowest BCUT2D eigenvalue weighted by Crippen LogP contribution is -2.53. The van der Waals surface area contributed by atoms with E-state index in [-0.39, 0.29) is 11.7 Å². The van der Waals surface area contributed by atoms with Gasteiger partial charge >= 0.3 is 14.5 Å². The summed E-state index contributed by atoms with van der Waals surface area (Å²) >= 11 is 0. The Labute approximate surface area is 99.5 Å². The fourth-order valence-corrected chi connectivity index (χ4v) is 5.06. The number of ether oxygens (including phenoxy) is 1. The second-order valence-corrected chi connectivity index (χ2v) is 7.41. The first-order valence-corrected chi connectivity index (χ1v) is 7.93. The molecule has 4 nitrogen and oxygen atoms in total. The van der Waals surface area contributed by atoms with E-state index in [1.54, 1.807) is 14.2 Å². The van der Waals surface area contributed by atoms with E-state index in [1.807, 2.05) is 6.92 Å². The van der Waals surface area contributed by atoms with E-state index in [1.165, 1.54) is 6.92 Å². The lowest BCUT2D eigenvalue weighted by atomic mass is 10.4. The van der Waals surface area contributed by atoms with E-state index in [0.29, 0.717) is 0 Å². The first-order valence-electron chi connectivity index (χ1n) is 5.83. The van der Waals surface area contributed by atoms with Crippen LogP contribution in [0.3, 0.4) is 0 Å². The normalized spacial score (nSPS) is 13.6. The molecular weight excluding hydrogens is 224 g/mol. The van der Waals surface area contributed by atoms with Crippen LogP contribution in [0.1, 0.15) is 40.0 Å². The van der Waals surface area contributed by atoms with Crippen LogP contribution in [0.25, 0.3) is 0 Å². The maximum absolute atomic E-state index is 11.1. The number of hydrogen-bond acceptors (Lipinski definition) is 4. The minimum atomic E-state index is -2.40. The summed E-state index contributed by atoms with van der Waals surface area (Å²) in [6.45, 7) is 5.53. The van der Waals surface area contributed by atoms with E-state index in [4.69, 9.17) is 13.6 Å². The van der Waals surface area contributed by atoms with Crippen molar-refractivity contribution < 1.29 is 18.4 Å². The molecule has 0 fully saturated rings. The Bertz CT molecular complexity index is 204. The van der Waals surface area contributed by atoms with E-state index in [9.17, 15) is 4.79 Å². The Hall–Kier alpha value is -0.393. The fourth-order valence-electron chi connectivity index (χ4n) is 1.82. The minimum Gasteiger partial charge on any atom is -0.461 e. The third-order valence-electron chi connectivity index (χ3n) is 2.74. The van der Waals surface area contributed by atoms with Crippen LogP contribution in [0, 0.1) is 0 Å². The predicted octanol–water partition coefficient (Wildman–Crippen LogP) is 2.40. The van der Waals surface area contributed by atoms with Crippen LogP contribution < -0.4 is 0 Å². The zero-order chi connectivity index (χ0) is 12.6. The van der Waals surface area contributed by atoms with Gasteiger partial charge in [-0.3, -0.25) is 4.79 Å². The third-order valence-corrected chi connectivity index (χ3v) is 6.68. The van der Waals surface area contributed by atoms with Gasteiger partial charge in [0, 0.05) is 21.1 Å². The zero-order valence-electron chi connectivity index (χ0n) is 11.0. The van der Waals surface area contributed by atoms with E-state index in [0.717, 1.165) is 25.3 Å². The highest BCUT2D eigenvalue weighted by molar-refractivity contribution is 6.68. The predicted molar refractivity (Wildman–Crippen MR) is 65.3 cm³/mol. The second kappa shape index (κ2) is 7.81. The van der Waals surface area contributed by atoms with E-state index < -0.39 is 8.56 Å². The topological polar surface area (TPSA) is 44.8 Å². The molecule has 5 heteroatoms. The van der Waals surface area contributed by atoms with Crippen molar-refractivity contribution in [2.75, 3.05) is 14.2 Å². The van der Waals surface area contributed by atoms with Crippen molar-refractivity contribution in [3.63, 3.8) is 0 Å². The summed E-state index contributed by atoms with van der Waals surface area (Å²) in [7, 11) is 0.901. The van der Waals surface area contributed by atoms with Crippen LogP contribution in [0.4, 0.5) is 0 Å². The van der Waals surface area contributed by atoms with Crippen molar-refractivity contribution in [2.24, 2.45) is 0 Å². The summed E-state index contributed by atoms with van der Waals surface area (Å²) < 4.78 is 16.5. The molecule has 0 amide bonds. The average Bonchev–Trinajstić information content (AvgIpc) is 2.28. The van der Waals surface area contributed by atoms with Crippen molar-refractivity contribution in [1.29, 1.82) is 0 Å². The van der Waals surface area contributed by atoms with Gasteiger partial charge < -0.3 is 13.6 Å². The van der Waals surface area contributed by atoms with Gasteiger partial charge in [0.2, 0.25) is 0 Å². The van der Waals surface area contributed by atoms with Gasteiger partial charge in [-0.15, -0.1) is 0 Å². The molecule has 0 heterocycles. The molecule has 0 radical (unpaired) electrons. The number of unbranched alkanes of at least 4 members (excludes halogenated alkanes) is 1. The molecule has 0 aliphatic heterocycles. The first kappa shape index (κ1) is 15.6. The highest BCUT2D eigenvalue weighted by Crippen LogP contribution is 2.24. The molecule has 0 aromatic carbocycles. The van der Waals surface area contributed by atoms with E-state index >= 15 is 0 Å². The summed E-state index contributed by atoms with van der Waals surface area (Å²) in [6, 6.07) is 0.863. The smallest absolute Gasteiger partial charge is 0.379 e. The van der Waals surface area contributed by atoms with Crippen LogP contribution in [0.15, 0.2) is 0 Å². The molecule has 0 aromatic rings. The molecule has 0 aliphatic carbocycles. The minimum absolute atomic E-state index is 0.216. The quantitative estimate of drug-likeness (QED) is 0.489. The van der Waals surface area contributed by atoms with Gasteiger partial charge in [0.1, 0.15) is 5.73 Å². The molecule has 0 bridgehead atoms. The summed E-state index contributed by atoms with van der Waals surface area (Å²) in [5.41, 5.74) is -0.216. The lowest BCUT2D eigenvalue weighted by Gasteiger charge is -2.33. The average molecular weight is 248 g/mol. The van der Waals surface area contributed by atoms with Gasteiger partial charge in [-0.1, -0.05) is 26.7 Å². The molecule has 1 atom stereocenters. The van der Waals surface area contributed by atoms with Gasteiger partial charge in [-0.05, 0) is 12.5 Å². The SMILES string of the molecule is CCCC[Si](OC)(OC)C(CC)OC(C)=O. The number of carbonyl (C=O) groups excluding carboxylic acids is 1. The van der Waals surface area contributed by atoms with E-state index in [2.05, 4.69) is 6.92 Å². The molecule has 0 aromatic heterocycles. The zero-order valence-corrected chi connectivity index (χ0v) is 12.0. The molecule has 1 unspecified atom stereocenters. The van der Waals surface area contributed by atoms with Gasteiger partial charge in [0.15, 0.2) is 0 Å². The monoisotopic (exact) mass is 248 g/mol. The molecular formula is C11H24O4Si. The van der Waals surface area contributed by atoms with Crippen molar-refractivity contribution in [3.05, 3.63) is 0 Å². The highest BCUT2D eigenvalue weighted by atomic mass is 28.4. The number of hydrogen-bond donors (Lipinski definition) is 0. The fraction of sp³-hybridized carbons (Fsp3) is 0.909. The maximum atomic E-state index is 11.1. The van der Waals surface area contributed by atoms with Crippen LogP contribution in [0.2, 0.25) is 6.04 Å². The number of rotatable bonds is 8. The Balaban J connectivity index is 4.73. The van der Waals surface area contributed by atoms with Gasteiger partial charge in [-0.25, -0.2) is 0 Å². The summed E-state index contributed by atoms with van der Waals surface area (Å²) in [5.74, 6) is -0.269. The summed E-state index contributed by atoms with van der Waals surface area (Å²) in [5, 5.41) is 0. The van der Waals surface area contributed by atoms with Gasteiger partial charge in [0.25, 0.3) is 0 Å². The molecule has 0 spiro atoms. The maximum Gasteiger partial charge on any atom is 0.379 e. The Morgan fingerprint density at radius 3 is 2.12 bits per heavy atom. The van der Waals surface area contributed by atoms with Crippen molar-refractivity contribution in [2.45, 2.75) is 51.8 Å². The third kappa shape index (κ3) is 4.23.